The van der Waals surface area contributed by atoms with Crippen LogP contribution in [0.5, 0.6) is 0 Å². The second-order valence-corrected chi connectivity index (χ2v) is 3.39. The Morgan fingerprint density at radius 2 is 2.07 bits per heavy atom. The van der Waals surface area contributed by atoms with Gasteiger partial charge in [0.15, 0.2) is 5.78 Å². The Bertz CT molecular complexity index is 334. The van der Waals surface area contributed by atoms with Gasteiger partial charge in [-0.15, -0.1) is 0 Å². The topological polar surface area (TPSA) is 43.1 Å². The molecule has 1 aromatic rings. The molecule has 2 nitrogen and oxygen atoms in total. The molecule has 3 heteroatoms. The van der Waals surface area contributed by atoms with Crippen LogP contribution in [-0.4, -0.2) is 11.8 Å². The van der Waals surface area contributed by atoms with Crippen LogP contribution >= 0.6 is 0 Å². The van der Waals surface area contributed by atoms with Gasteiger partial charge in [0.1, 0.15) is 6.17 Å². The number of halogens is 1. The van der Waals surface area contributed by atoms with Crippen LogP contribution in [0.1, 0.15) is 35.9 Å². The summed E-state index contributed by atoms with van der Waals surface area (Å²) in [6, 6.07) is 5.98. The largest absolute Gasteiger partial charge is 0.321 e. The minimum Gasteiger partial charge on any atom is -0.321 e. The number of alkyl halides is 1. The Balaban J connectivity index is 3.00. The van der Waals surface area contributed by atoms with Crippen LogP contribution in [-0.2, 0) is 0 Å². The third-order valence-corrected chi connectivity index (χ3v) is 2.04. The first kappa shape index (κ1) is 10.9. The van der Waals surface area contributed by atoms with E-state index in [-0.39, 0.29) is 5.78 Å². The molecule has 0 saturated carbocycles. The molecule has 0 heterocycles. The highest BCUT2D eigenvalue weighted by atomic mass is 19.1. The van der Waals surface area contributed by atoms with E-state index in [1.54, 1.807) is 31.2 Å². The maximum atomic E-state index is 12.9. The van der Waals surface area contributed by atoms with Crippen molar-refractivity contribution in [3.05, 3.63) is 35.4 Å². The van der Waals surface area contributed by atoms with Crippen molar-refractivity contribution in [3.63, 3.8) is 0 Å². The molecule has 1 rings (SSSR count). The van der Waals surface area contributed by atoms with Gasteiger partial charge in [0, 0.05) is 5.56 Å². The lowest BCUT2D eigenvalue weighted by atomic mass is 10.0. The SMILES string of the molecule is CC(N)C(=O)c1cccc(C(C)F)c1. The van der Waals surface area contributed by atoms with Crippen molar-refractivity contribution < 1.29 is 9.18 Å². The molecular formula is C11H14FNO. The second-order valence-electron chi connectivity index (χ2n) is 3.39. The molecule has 2 N–H and O–H groups in total. The van der Waals surface area contributed by atoms with E-state index in [1.165, 1.54) is 6.92 Å². The van der Waals surface area contributed by atoms with Gasteiger partial charge in [-0.1, -0.05) is 18.2 Å². The van der Waals surface area contributed by atoms with Crippen LogP contribution in [0.3, 0.4) is 0 Å². The molecule has 0 aromatic heterocycles. The molecule has 2 unspecified atom stereocenters. The third-order valence-electron chi connectivity index (χ3n) is 2.04. The van der Waals surface area contributed by atoms with Crippen molar-refractivity contribution in [2.24, 2.45) is 5.73 Å². The van der Waals surface area contributed by atoms with Crippen molar-refractivity contribution in [1.82, 2.24) is 0 Å². The molecule has 2 atom stereocenters. The van der Waals surface area contributed by atoms with Crippen molar-refractivity contribution in [1.29, 1.82) is 0 Å². The van der Waals surface area contributed by atoms with E-state index in [0.29, 0.717) is 11.1 Å². The predicted octanol–water partition coefficient (Wildman–Crippen LogP) is 2.25. The fraction of sp³-hybridized carbons (Fsp3) is 0.364. The molecule has 0 aliphatic rings. The lowest BCUT2D eigenvalue weighted by molar-refractivity contribution is 0.0968. The molecule has 0 radical (unpaired) electrons. The molecule has 14 heavy (non-hydrogen) atoms. The van der Waals surface area contributed by atoms with E-state index in [9.17, 15) is 9.18 Å². The molecule has 0 bridgehead atoms. The van der Waals surface area contributed by atoms with Crippen LogP contribution in [0.2, 0.25) is 0 Å². The van der Waals surface area contributed by atoms with Gasteiger partial charge in [0.05, 0.1) is 6.04 Å². The monoisotopic (exact) mass is 195 g/mol. The van der Waals surface area contributed by atoms with E-state index in [2.05, 4.69) is 0 Å². The lowest BCUT2D eigenvalue weighted by Crippen LogP contribution is -2.26. The van der Waals surface area contributed by atoms with E-state index in [4.69, 9.17) is 5.73 Å². The fourth-order valence-corrected chi connectivity index (χ4v) is 1.20. The van der Waals surface area contributed by atoms with Gasteiger partial charge in [-0.25, -0.2) is 4.39 Å². The molecule has 0 aliphatic carbocycles. The predicted molar refractivity (Wildman–Crippen MR) is 53.9 cm³/mol. The van der Waals surface area contributed by atoms with Gasteiger partial charge in [-0.3, -0.25) is 4.79 Å². The Hall–Kier alpha value is -1.22. The number of ketones is 1. The Kier molecular flexibility index (Phi) is 3.36. The number of Topliss-reactive ketones (excluding diaryl/α,β-unsaturated/α-hetero) is 1. The average Bonchev–Trinajstić information content (AvgIpc) is 2.16. The molecule has 0 spiro atoms. The van der Waals surface area contributed by atoms with E-state index in [0.717, 1.165) is 0 Å². The molecule has 0 saturated heterocycles. The minimum absolute atomic E-state index is 0.160. The summed E-state index contributed by atoms with van der Waals surface area (Å²) >= 11 is 0. The maximum absolute atomic E-state index is 12.9. The number of nitrogens with two attached hydrogens (primary N) is 1. The lowest BCUT2D eigenvalue weighted by Gasteiger charge is -2.07. The van der Waals surface area contributed by atoms with E-state index in [1.807, 2.05) is 0 Å². The zero-order chi connectivity index (χ0) is 10.7. The number of hydrogen-bond acceptors (Lipinski definition) is 2. The Morgan fingerprint density at radius 1 is 1.43 bits per heavy atom. The zero-order valence-corrected chi connectivity index (χ0v) is 8.33. The number of hydrogen-bond donors (Lipinski definition) is 1. The van der Waals surface area contributed by atoms with Crippen LogP contribution in [0, 0.1) is 0 Å². The number of carbonyl (C=O) groups is 1. The molecule has 1 aromatic carbocycles. The number of rotatable bonds is 3. The van der Waals surface area contributed by atoms with Gasteiger partial charge in [-0.05, 0) is 25.5 Å². The zero-order valence-electron chi connectivity index (χ0n) is 8.33. The summed E-state index contributed by atoms with van der Waals surface area (Å²) in [7, 11) is 0. The third kappa shape index (κ3) is 2.39. The summed E-state index contributed by atoms with van der Waals surface area (Å²) < 4.78 is 12.9. The highest BCUT2D eigenvalue weighted by molar-refractivity contribution is 5.99. The summed E-state index contributed by atoms with van der Waals surface area (Å²) in [5.41, 5.74) is 6.44. The van der Waals surface area contributed by atoms with Crippen LogP contribution in [0.15, 0.2) is 24.3 Å². The smallest absolute Gasteiger partial charge is 0.179 e. The van der Waals surface area contributed by atoms with Crippen molar-refractivity contribution in [3.8, 4) is 0 Å². The Labute approximate surface area is 82.9 Å². The van der Waals surface area contributed by atoms with Gasteiger partial charge in [0.2, 0.25) is 0 Å². The van der Waals surface area contributed by atoms with Gasteiger partial charge >= 0.3 is 0 Å². The standard InChI is InChI=1S/C11H14FNO/c1-7(12)9-4-3-5-10(6-9)11(14)8(2)13/h3-8H,13H2,1-2H3. The van der Waals surface area contributed by atoms with E-state index < -0.39 is 12.2 Å². The summed E-state index contributed by atoms with van der Waals surface area (Å²) in [4.78, 5) is 11.5. The second kappa shape index (κ2) is 4.33. The molecule has 0 amide bonds. The van der Waals surface area contributed by atoms with Crippen molar-refractivity contribution in [2.75, 3.05) is 0 Å². The first-order chi connectivity index (χ1) is 6.52. The highest BCUT2D eigenvalue weighted by Gasteiger charge is 2.12. The highest BCUT2D eigenvalue weighted by Crippen LogP contribution is 2.17. The van der Waals surface area contributed by atoms with Gasteiger partial charge in [0.25, 0.3) is 0 Å². The summed E-state index contributed by atoms with van der Waals surface area (Å²) in [5, 5.41) is 0. The average molecular weight is 195 g/mol. The maximum Gasteiger partial charge on any atom is 0.179 e. The van der Waals surface area contributed by atoms with E-state index >= 15 is 0 Å². The number of carbonyl (C=O) groups excluding carboxylic acids is 1. The first-order valence-corrected chi connectivity index (χ1v) is 4.56. The van der Waals surface area contributed by atoms with Crippen LogP contribution in [0.25, 0.3) is 0 Å². The summed E-state index contributed by atoms with van der Waals surface area (Å²) in [6.45, 7) is 3.06. The molecule has 0 fully saturated rings. The van der Waals surface area contributed by atoms with Crippen LogP contribution in [0.4, 0.5) is 4.39 Å². The fourth-order valence-electron chi connectivity index (χ4n) is 1.20. The van der Waals surface area contributed by atoms with Crippen molar-refractivity contribution >= 4 is 5.78 Å². The quantitative estimate of drug-likeness (QED) is 0.752. The van der Waals surface area contributed by atoms with Gasteiger partial charge < -0.3 is 5.73 Å². The molecular weight excluding hydrogens is 181 g/mol. The Morgan fingerprint density at radius 3 is 2.57 bits per heavy atom. The first-order valence-electron chi connectivity index (χ1n) is 4.56. The number of benzene rings is 1. The molecule has 0 aliphatic heterocycles. The molecule has 76 valence electrons. The summed E-state index contributed by atoms with van der Waals surface area (Å²) in [6.07, 6.45) is -1.06. The normalized spacial score (nSPS) is 14.9. The van der Waals surface area contributed by atoms with Gasteiger partial charge in [-0.2, -0.15) is 0 Å². The van der Waals surface area contributed by atoms with Crippen molar-refractivity contribution in [2.45, 2.75) is 26.1 Å². The minimum atomic E-state index is -1.06. The van der Waals surface area contributed by atoms with Crippen LogP contribution < -0.4 is 5.73 Å². The summed E-state index contributed by atoms with van der Waals surface area (Å²) in [5.74, 6) is -0.160.